The van der Waals surface area contributed by atoms with Crippen molar-refractivity contribution < 1.29 is 4.79 Å². The van der Waals surface area contributed by atoms with Gasteiger partial charge in [-0.2, -0.15) is 0 Å². The lowest BCUT2D eigenvalue weighted by Gasteiger charge is -2.39. The maximum atomic E-state index is 12.9. The van der Waals surface area contributed by atoms with E-state index in [9.17, 15) is 9.59 Å². The molecule has 7 heteroatoms. The largest absolute Gasteiger partial charge is 0.369 e. The topological polar surface area (TPSA) is 70.5 Å². The molecule has 1 amide bonds. The zero-order valence-electron chi connectivity index (χ0n) is 17.6. The van der Waals surface area contributed by atoms with E-state index in [4.69, 9.17) is 0 Å². The fourth-order valence-corrected chi connectivity index (χ4v) is 5.33. The number of hydrogen-bond acceptors (Lipinski definition) is 5. The van der Waals surface area contributed by atoms with Crippen LogP contribution in [0.15, 0.2) is 29.3 Å². The third-order valence-corrected chi connectivity index (χ3v) is 7.11. The van der Waals surface area contributed by atoms with Gasteiger partial charge in [0.05, 0.1) is 23.3 Å². The van der Waals surface area contributed by atoms with Crippen molar-refractivity contribution in [3.63, 3.8) is 0 Å². The Morgan fingerprint density at radius 3 is 2.50 bits per heavy atom. The summed E-state index contributed by atoms with van der Waals surface area (Å²) in [6, 6.07) is 6.36. The molecule has 2 aromatic rings. The van der Waals surface area contributed by atoms with Crippen molar-refractivity contribution in [1.82, 2.24) is 19.8 Å². The number of nitrogens with zero attached hydrogens (tertiary/aromatic N) is 4. The van der Waals surface area contributed by atoms with Crippen molar-refractivity contribution in [2.75, 3.05) is 37.6 Å². The van der Waals surface area contributed by atoms with E-state index in [0.29, 0.717) is 11.4 Å². The van der Waals surface area contributed by atoms with E-state index >= 15 is 0 Å². The van der Waals surface area contributed by atoms with Gasteiger partial charge >= 0.3 is 0 Å². The summed E-state index contributed by atoms with van der Waals surface area (Å²) in [5.74, 6) is 0.189. The number of amides is 1. The lowest BCUT2D eigenvalue weighted by Crippen LogP contribution is -2.54. The smallest absolute Gasteiger partial charge is 0.261 e. The first-order valence-electron chi connectivity index (χ1n) is 11.5. The zero-order valence-corrected chi connectivity index (χ0v) is 17.6. The molecule has 1 unspecified atom stereocenters. The standard InChI is InChI=1S/C23H31N5O2/c29-22-21(7-3-4-10-24-22)27-13-11-26(12-14-27)18-8-9-19-20(15-18)25-16-28(23(19)30)17-5-1-2-6-17/h8-9,15-17,21H,1-7,10-14H2,(H,24,29). The average Bonchev–Trinajstić information content (AvgIpc) is 3.22. The summed E-state index contributed by atoms with van der Waals surface area (Å²) in [5, 5.41) is 3.76. The molecule has 1 aliphatic carbocycles. The Hall–Kier alpha value is -2.41. The van der Waals surface area contributed by atoms with Crippen molar-refractivity contribution in [1.29, 1.82) is 0 Å². The van der Waals surface area contributed by atoms with Gasteiger partial charge < -0.3 is 10.2 Å². The number of piperazine rings is 1. The van der Waals surface area contributed by atoms with Crippen molar-refractivity contribution in [2.45, 2.75) is 57.0 Å². The van der Waals surface area contributed by atoms with Gasteiger partial charge in [-0.3, -0.25) is 19.1 Å². The van der Waals surface area contributed by atoms with Crippen LogP contribution in [0.3, 0.4) is 0 Å². The van der Waals surface area contributed by atoms with E-state index in [1.807, 2.05) is 16.7 Å². The first-order chi connectivity index (χ1) is 14.7. The molecule has 30 heavy (non-hydrogen) atoms. The Kier molecular flexibility index (Phi) is 5.46. The number of carbonyl (C=O) groups excluding carboxylic acids is 1. The number of fused-ring (bicyclic) bond motifs is 1. The molecule has 1 atom stereocenters. The van der Waals surface area contributed by atoms with Gasteiger partial charge in [-0.15, -0.1) is 0 Å². The van der Waals surface area contributed by atoms with Gasteiger partial charge in [0, 0.05) is 44.5 Å². The maximum absolute atomic E-state index is 12.9. The van der Waals surface area contributed by atoms with Crippen LogP contribution in [0.5, 0.6) is 0 Å². The molecule has 3 aliphatic rings. The minimum Gasteiger partial charge on any atom is -0.369 e. The van der Waals surface area contributed by atoms with Gasteiger partial charge in [0.1, 0.15) is 0 Å². The normalized spacial score (nSPS) is 24.2. The lowest BCUT2D eigenvalue weighted by molar-refractivity contribution is -0.126. The highest BCUT2D eigenvalue weighted by Gasteiger charge is 2.30. The van der Waals surface area contributed by atoms with Crippen LogP contribution in [-0.4, -0.2) is 59.1 Å². The molecule has 5 rings (SSSR count). The van der Waals surface area contributed by atoms with Crippen molar-refractivity contribution in [3.05, 3.63) is 34.9 Å². The molecule has 3 fully saturated rings. The van der Waals surface area contributed by atoms with Crippen molar-refractivity contribution in [2.24, 2.45) is 0 Å². The highest BCUT2D eigenvalue weighted by molar-refractivity contribution is 5.82. The third kappa shape index (κ3) is 3.71. The van der Waals surface area contributed by atoms with Crippen LogP contribution in [0, 0.1) is 0 Å². The second-order valence-corrected chi connectivity index (χ2v) is 8.92. The molecule has 2 saturated heterocycles. The first kappa shape index (κ1) is 19.5. The van der Waals surface area contributed by atoms with E-state index < -0.39 is 0 Å². The first-order valence-corrected chi connectivity index (χ1v) is 11.5. The van der Waals surface area contributed by atoms with Crippen LogP contribution in [0.4, 0.5) is 5.69 Å². The molecule has 3 heterocycles. The summed E-state index contributed by atoms with van der Waals surface area (Å²) >= 11 is 0. The van der Waals surface area contributed by atoms with Crippen LogP contribution in [0.1, 0.15) is 51.0 Å². The molecule has 0 radical (unpaired) electrons. The fourth-order valence-electron chi connectivity index (χ4n) is 5.33. The van der Waals surface area contributed by atoms with Crippen molar-refractivity contribution in [3.8, 4) is 0 Å². The highest BCUT2D eigenvalue weighted by atomic mass is 16.2. The number of rotatable bonds is 3. The Labute approximate surface area is 177 Å². The van der Waals surface area contributed by atoms with E-state index in [1.165, 1.54) is 12.8 Å². The predicted molar refractivity (Wildman–Crippen MR) is 118 cm³/mol. The second-order valence-electron chi connectivity index (χ2n) is 8.92. The monoisotopic (exact) mass is 409 g/mol. The van der Waals surface area contributed by atoms with Crippen LogP contribution >= 0.6 is 0 Å². The number of carbonyl (C=O) groups is 1. The Morgan fingerprint density at radius 2 is 1.70 bits per heavy atom. The van der Waals surface area contributed by atoms with Gasteiger partial charge in [0.25, 0.3) is 5.56 Å². The van der Waals surface area contributed by atoms with Gasteiger partial charge in [-0.05, 0) is 50.3 Å². The molecule has 160 valence electrons. The van der Waals surface area contributed by atoms with Gasteiger partial charge in [-0.25, -0.2) is 4.98 Å². The molecular formula is C23H31N5O2. The molecule has 0 bridgehead atoms. The third-order valence-electron chi connectivity index (χ3n) is 7.11. The van der Waals surface area contributed by atoms with Gasteiger partial charge in [0.2, 0.25) is 5.91 Å². The Balaban J connectivity index is 1.30. The maximum Gasteiger partial charge on any atom is 0.261 e. The zero-order chi connectivity index (χ0) is 20.5. The molecule has 1 N–H and O–H groups in total. The molecule has 1 aromatic heterocycles. The summed E-state index contributed by atoms with van der Waals surface area (Å²) in [6.45, 7) is 4.34. The van der Waals surface area contributed by atoms with Crippen LogP contribution in [0.2, 0.25) is 0 Å². The molecule has 0 spiro atoms. The summed E-state index contributed by atoms with van der Waals surface area (Å²) in [5.41, 5.74) is 1.97. The minimum atomic E-state index is 0.0157. The van der Waals surface area contributed by atoms with Crippen LogP contribution < -0.4 is 15.8 Å². The van der Waals surface area contributed by atoms with Crippen LogP contribution in [-0.2, 0) is 4.79 Å². The van der Waals surface area contributed by atoms with E-state index in [1.54, 1.807) is 6.33 Å². The fraction of sp³-hybridized carbons (Fsp3) is 0.609. The van der Waals surface area contributed by atoms with Gasteiger partial charge in [0.15, 0.2) is 0 Å². The Morgan fingerprint density at radius 1 is 0.933 bits per heavy atom. The van der Waals surface area contributed by atoms with E-state index in [2.05, 4.69) is 26.2 Å². The SMILES string of the molecule is O=C1NCCCCC1N1CCN(c2ccc3c(=O)n(C4CCCC4)cnc3c2)CC1. The Bertz CT molecular complexity index is 973. The molecular weight excluding hydrogens is 378 g/mol. The van der Waals surface area contributed by atoms with E-state index in [-0.39, 0.29) is 17.5 Å². The minimum absolute atomic E-state index is 0.0157. The summed E-state index contributed by atoms with van der Waals surface area (Å²) in [7, 11) is 0. The van der Waals surface area contributed by atoms with E-state index in [0.717, 1.165) is 76.0 Å². The lowest BCUT2D eigenvalue weighted by atomic mass is 10.1. The summed E-state index contributed by atoms with van der Waals surface area (Å²) in [6.07, 6.45) is 9.44. The molecule has 1 aromatic carbocycles. The van der Waals surface area contributed by atoms with Crippen LogP contribution in [0.25, 0.3) is 10.9 Å². The number of aromatic nitrogens is 2. The second kappa shape index (κ2) is 8.38. The highest BCUT2D eigenvalue weighted by Crippen LogP contribution is 2.29. The molecule has 1 saturated carbocycles. The molecule has 2 aliphatic heterocycles. The van der Waals surface area contributed by atoms with Gasteiger partial charge in [-0.1, -0.05) is 12.8 Å². The molecule has 7 nitrogen and oxygen atoms in total. The summed E-state index contributed by atoms with van der Waals surface area (Å²) in [4.78, 5) is 34.6. The number of nitrogens with one attached hydrogen (secondary N) is 1. The summed E-state index contributed by atoms with van der Waals surface area (Å²) < 4.78 is 1.84. The van der Waals surface area contributed by atoms with Crippen molar-refractivity contribution >= 4 is 22.5 Å². The predicted octanol–water partition coefficient (Wildman–Crippen LogP) is 2.30. The number of anilines is 1. The number of hydrogen-bond donors (Lipinski definition) is 1. The average molecular weight is 410 g/mol. The number of benzene rings is 1. The quantitative estimate of drug-likeness (QED) is 0.842.